The second-order valence-corrected chi connectivity index (χ2v) is 4.76. The molecule has 88 valence electrons. The largest absolute Gasteiger partial charge is 0.347 e. The molecule has 0 fully saturated rings. The first kappa shape index (κ1) is 12.6. The van der Waals surface area contributed by atoms with Gasteiger partial charge in [-0.05, 0) is 26.5 Å². The van der Waals surface area contributed by atoms with Gasteiger partial charge in [0.15, 0.2) is 5.79 Å². The molecule has 0 aromatic heterocycles. The number of hydrogen-bond donors (Lipinski definition) is 4. The molecule has 0 spiro atoms. The number of nitrogens with one attached hydrogen (secondary N) is 3. The van der Waals surface area contributed by atoms with E-state index in [1.54, 1.807) is 11.8 Å². The van der Waals surface area contributed by atoms with Gasteiger partial charge in [-0.1, -0.05) is 6.92 Å². The lowest BCUT2D eigenvalue weighted by molar-refractivity contribution is 0.0591. The SMILES string of the molecule is CCC1(N)NC(SC)=CN(NC(C)C)N1. The average Bonchev–Trinajstić information content (AvgIpc) is 2.16. The van der Waals surface area contributed by atoms with Crippen molar-refractivity contribution >= 4 is 11.8 Å². The Hall–Kier alpha value is -0.430. The monoisotopic (exact) mass is 231 g/mol. The lowest BCUT2D eigenvalue weighted by Crippen LogP contribution is -2.71. The van der Waals surface area contributed by atoms with Crippen LogP contribution in [0.2, 0.25) is 0 Å². The van der Waals surface area contributed by atoms with Crippen molar-refractivity contribution in [2.75, 3.05) is 6.26 Å². The molecule has 0 bridgehead atoms. The standard InChI is InChI=1S/C9H21N5S/c1-5-9(10)11-8(15-4)6-14(13-9)12-7(2)3/h6-7,11-13H,5,10H2,1-4H3. The molecule has 0 radical (unpaired) electrons. The molecule has 0 amide bonds. The summed E-state index contributed by atoms with van der Waals surface area (Å²) in [6.07, 6.45) is 4.78. The molecule has 5 nitrogen and oxygen atoms in total. The highest BCUT2D eigenvalue weighted by Gasteiger charge is 2.29. The number of nitrogens with two attached hydrogens (primary N) is 1. The van der Waals surface area contributed by atoms with Gasteiger partial charge in [0.2, 0.25) is 0 Å². The van der Waals surface area contributed by atoms with Crippen LogP contribution in [-0.2, 0) is 0 Å². The molecule has 0 aromatic carbocycles. The van der Waals surface area contributed by atoms with Crippen LogP contribution in [0.4, 0.5) is 0 Å². The number of nitrogens with zero attached hydrogens (tertiary/aromatic N) is 1. The molecule has 1 aliphatic heterocycles. The predicted molar refractivity (Wildman–Crippen MR) is 65.2 cm³/mol. The summed E-state index contributed by atoms with van der Waals surface area (Å²) in [6.45, 7) is 6.21. The third-order valence-corrected chi connectivity index (χ3v) is 2.73. The first-order chi connectivity index (χ1) is 6.99. The predicted octanol–water partition coefficient (Wildman–Crippen LogP) is 0.494. The lowest BCUT2D eigenvalue weighted by atomic mass is 10.3. The maximum Gasteiger partial charge on any atom is 0.159 e. The molecule has 0 aromatic rings. The summed E-state index contributed by atoms with van der Waals surface area (Å²) in [5, 5.41) is 6.12. The van der Waals surface area contributed by atoms with Crippen LogP contribution in [0.5, 0.6) is 0 Å². The fraction of sp³-hybridized carbons (Fsp3) is 0.778. The minimum absolute atomic E-state index is 0.357. The summed E-state index contributed by atoms with van der Waals surface area (Å²) in [7, 11) is 0. The van der Waals surface area contributed by atoms with Crippen molar-refractivity contribution in [1.82, 2.24) is 21.3 Å². The fourth-order valence-corrected chi connectivity index (χ4v) is 1.76. The summed E-state index contributed by atoms with van der Waals surface area (Å²) < 4.78 is 0. The van der Waals surface area contributed by atoms with Crippen molar-refractivity contribution < 1.29 is 0 Å². The Morgan fingerprint density at radius 1 is 1.67 bits per heavy atom. The molecule has 1 atom stereocenters. The third kappa shape index (κ3) is 3.57. The molecule has 5 N–H and O–H groups in total. The molecular weight excluding hydrogens is 210 g/mol. The molecule has 0 saturated carbocycles. The Balaban J connectivity index is 2.72. The molecule has 1 aliphatic rings. The maximum absolute atomic E-state index is 6.13. The number of hydrazine groups is 2. The third-order valence-electron chi connectivity index (χ3n) is 2.09. The smallest absolute Gasteiger partial charge is 0.159 e. The van der Waals surface area contributed by atoms with E-state index in [0.717, 1.165) is 11.4 Å². The van der Waals surface area contributed by atoms with Crippen molar-refractivity contribution in [1.29, 1.82) is 0 Å². The van der Waals surface area contributed by atoms with Gasteiger partial charge in [0.05, 0.1) is 11.2 Å². The summed E-state index contributed by atoms with van der Waals surface area (Å²) in [6, 6.07) is 0.357. The highest BCUT2D eigenvalue weighted by atomic mass is 32.2. The normalized spacial score (nSPS) is 26.5. The van der Waals surface area contributed by atoms with Gasteiger partial charge < -0.3 is 5.32 Å². The summed E-state index contributed by atoms with van der Waals surface area (Å²) in [4.78, 5) is 0. The van der Waals surface area contributed by atoms with Gasteiger partial charge in [0.1, 0.15) is 0 Å². The fourth-order valence-electron chi connectivity index (χ4n) is 1.26. The van der Waals surface area contributed by atoms with Crippen LogP contribution in [0.25, 0.3) is 0 Å². The van der Waals surface area contributed by atoms with E-state index < -0.39 is 5.79 Å². The van der Waals surface area contributed by atoms with Crippen molar-refractivity contribution in [3.63, 3.8) is 0 Å². The molecule has 1 rings (SSSR count). The van der Waals surface area contributed by atoms with Crippen LogP contribution in [0, 0.1) is 0 Å². The lowest BCUT2D eigenvalue weighted by Gasteiger charge is -2.42. The van der Waals surface area contributed by atoms with Crippen molar-refractivity contribution in [3.05, 3.63) is 11.2 Å². The van der Waals surface area contributed by atoms with E-state index in [1.165, 1.54) is 0 Å². The van der Waals surface area contributed by atoms with E-state index in [0.29, 0.717) is 6.04 Å². The molecule has 0 saturated heterocycles. The van der Waals surface area contributed by atoms with Crippen LogP contribution in [0.1, 0.15) is 27.2 Å². The van der Waals surface area contributed by atoms with Crippen LogP contribution in [0.3, 0.4) is 0 Å². The highest BCUT2D eigenvalue weighted by molar-refractivity contribution is 8.02. The van der Waals surface area contributed by atoms with Gasteiger partial charge in [-0.15, -0.1) is 11.8 Å². The van der Waals surface area contributed by atoms with Crippen molar-refractivity contribution in [2.24, 2.45) is 5.73 Å². The molecule has 6 heteroatoms. The minimum atomic E-state index is -0.574. The van der Waals surface area contributed by atoms with E-state index in [1.807, 2.05) is 24.5 Å². The van der Waals surface area contributed by atoms with Gasteiger partial charge in [0.25, 0.3) is 0 Å². The van der Waals surface area contributed by atoms with Gasteiger partial charge in [-0.25, -0.2) is 10.5 Å². The van der Waals surface area contributed by atoms with E-state index in [4.69, 9.17) is 5.73 Å². The maximum atomic E-state index is 6.13. The Labute approximate surface area is 95.8 Å². The summed E-state index contributed by atoms with van der Waals surface area (Å²) in [5.41, 5.74) is 12.6. The second kappa shape index (κ2) is 5.07. The quantitative estimate of drug-likeness (QED) is 0.565. The van der Waals surface area contributed by atoms with Crippen LogP contribution < -0.4 is 21.9 Å². The molecule has 1 heterocycles. The van der Waals surface area contributed by atoms with E-state index in [2.05, 4.69) is 30.0 Å². The topological polar surface area (TPSA) is 65.3 Å². The van der Waals surface area contributed by atoms with Crippen molar-refractivity contribution in [3.8, 4) is 0 Å². The van der Waals surface area contributed by atoms with Gasteiger partial charge in [-0.2, -0.15) is 5.43 Å². The van der Waals surface area contributed by atoms with E-state index in [9.17, 15) is 0 Å². The van der Waals surface area contributed by atoms with Crippen LogP contribution >= 0.6 is 11.8 Å². The Morgan fingerprint density at radius 2 is 2.33 bits per heavy atom. The number of rotatable bonds is 4. The van der Waals surface area contributed by atoms with Gasteiger partial charge >= 0.3 is 0 Å². The van der Waals surface area contributed by atoms with E-state index in [-0.39, 0.29) is 0 Å². The zero-order chi connectivity index (χ0) is 11.5. The van der Waals surface area contributed by atoms with Gasteiger partial charge in [0, 0.05) is 6.04 Å². The first-order valence-corrected chi connectivity index (χ1v) is 6.37. The molecular formula is C9H21N5S. The van der Waals surface area contributed by atoms with Gasteiger partial charge in [-0.3, -0.25) is 5.73 Å². The van der Waals surface area contributed by atoms with Crippen LogP contribution in [0.15, 0.2) is 11.2 Å². The minimum Gasteiger partial charge on any atom is -0.347 e. The van der Waals surface area contributed by atoms with Crippen molar-refractivity contribution in [2.45, 2.75) is 39.0 Å². The zero-order valence-corrected chi connectivity index (χ0v) is 10.6. The summed E-state index contributed by atoms with van der Waals surface area (Å²) >= 11 is 1.64. The molecule has 0 aliphatic carbocycles. The molecule has 1 unspecified atom stereocenters. The summed E-state index contributed by atoms with van der Waals surface area (Å²) in [5.74, 6) is -0.574. The second-order valence-electron chi connectivity index (χ2n) is 3.91. The first-order valence-electron chi connectivity index (χ1n) is 5.15. The Kier molecular flexibility index (Phi) is 4.27. The van der Waals surface area contributed by atoms with Crippen LogP contribution in [-0.4, -0.2) is 23.2 Å². The van der Waals surface area contributed by atoms with E-state index >= 15 is 0 Å². The Bertz CT molecular complexity index is 243. The molecule has 15 heavy (non-hydrogen) atoms. The Morgan fingerprint density at radius 3 is 2.80 bits per heavy atom. The number of hydrogen-bond acceptors (Lipinski definition) is 6. The highest BCUT2D eigenvalue weighted by Crippen LogP contribution is 2.16. The number of thioether (sulfide) groups is 1. The average molecular weight is 231 g/mol. The zero-order valence-electron chi connectivity index (χ0n) is 9.79.